The second kappa shape index (κ2) is 8.65. The lowest BCUT2D eigenvalue weighted by atomic mass is 10.1. The van der Waals surface area contributed by atoms with Crippen molar-refractivity contribution in [2.45, 2.75) is 18.6 Å². The van der Waals surface area contributed by atoms with Gasteiger partial charge in [0.15, 0.2) is 0 Å². The highest BCUT2D eigenvalue weighted by molar-refractivity contribution is 7.04. The minimum Gasteiger partial charge on any atom is -0.398 e. The number of nitrogens with two attached hydrogens (primary N) is 1. The van der Waals surface area contributed by atoms with Crippen molar-refractivity contribution < 1.29 is 22.8 Å². The molecule has 1 aromatic heterocycles. The molecule has 7 nitrogen and oxygen atoms in total. The standard InChI is InChI=1S/C21H20F3N5O2S/c22-21(23,24)13-1-3-17(25)16(8-13)20(31)26-9-19(30)27-14-5-6-29(10-14)15-2-4-18-12(7-15)11-32-28-18/h1-4,7-8,11,14H,5-6,9-10,25H2,(H,26,31)(H,27,30). The van der Waals surface area contributed by atoms with E-state index in [1.165, 1.54) is 11.5 Å². The van der Waals surface area contributed by atoms with E-state index in [-0.39, 0.29) is 23.8 Å². The number of nitrogens with zero attached hydrogens (tertiary/aromatic N) is 2. The normalized spacial score (nSPS) is 16.3. The van der Waals surface area contributed by atoms with Crippen molar-refractivity contribution in [2.75, 3.05) is 30.3 Å². The lowest BCUT2D eigenvalue weighted by Gasteiger charge is -2.19. The molecule has 0 aliphatic carbocycles. The summed E-state index contributed by atoms with van der Waals surface area (Å²) in [4.78, 5) is 26.7. The molecule has 1 aliphatic heterocycles. The highest BCUT2D eigenvalue weighted by Gasteiger charge is 2.31. The minimum atomic E-state index is -4.60. The number of rotatable bonds is 5. The van der Waals surface area contributed by atoms with E-state index < -0.39 is 23.6 Å². The highest BCUT2D eigenvalue weighted by atomic mass is 32.1. The number of nitrogens with one attached hydrogen (secondary N) is 2. The van der Waals surface area contributed by atoms with Crippen LogP contribution >= 0.6 is 11.5 Å². The number of alkyl halides is 3. The predicted octanol–water partition coefficient (Wildman–Crippen LogP) is 3.02. The van der Waals surface area contributed by atoms with Gasteiger partial charge in [-0.25, -0.2) is 0 Å². The molecule has 1 aliphatic rings. The Hall–Kier alpha value is -3.34. The number of halogens is 3. The summed E-state index contributed by atoms with van der Waals surface area (Å²) >= 11 is 1.40. The quantitative estimate of drug-likeness (QED) is 0.505. The van der Waals surface area contributed by atoms with Gasteiger partial charge in [0.05, 0.1) is 23.2 Å². The van der Waals surface area contributed by atoms with Gasteiger partial charge in [-0.2, -0.15) is 17.5 Å². The van der Waals surface area contributed by atoms with Crippen molar-refractivity contribution in [1.82, 2.24) is 15.0 Å². The van der Waals surface area contributed by atoms with Crippen LogP contribution in [0.5, 0.6) is 0 Å². The Morgan fingerprint density at radius 2 is 2.03 bits per heavy atom. The van der Waals surface area contributed by atoms with Crippen LogP contribution in [0.4, 0.5) is 24.5 Å². The Labute approximate surface area is 185 Å². The Morgan fingerprint density at radius 3 is 2.81 bits per heavy atom. The van der Waals surface area contributed by atoms with Crippen LogP contribution in [0.15, 0.2) is 41.8 Å². The first-order valence-electron chi connectivity index (χ1n) is 9.84. The monoisotopic (exact) mass is 463 g/mol. The molecule has 32 heavy (non-hydrogen) atoms. The van der Waals surface area contributed by atoms with Crippen molar-refractivity contribution in [2.24, 2.45) is 0 Å². The number of carbonyl (C=O) groups excluding carboxylic acids is 2. The smallest absolute Gasteiger partial charge is 0.398 e. The number of hydrogen-bond donors (Lipinski definition) is 3. The third kappa shape index (κ3) is 4.77. The van der Waals surface area contributed by atoms with E-state index in [9.17, 15) is 22.8 Å². The number of benzene rings is 2. The molecule has 3 aromatic rings. The molecule has 0 radical (unpaired) electrons. The van der Waals surface area contributed by atoms with Crippen LogP contribution in [-0.4, -0.2) is 41.9 Å². The lowest BCUT2D eigenvalue weighted by molar-refractivity contribution is -0.137. The molecule has 4 N–H and O–H groups in total. The molecule has 1 unspecified atom stereocenters. The number of anilines is 2. The fourth-order valence-corrected chi connectivity index (χ4v) is 4.27. The van der Waals surface area contributed by atoms with Crippen LogP contribution in [0.3, 0.4) is 0 Å². The summed E-state index contributed by atoms with van der Waals surface area (Å²) in [5.74, 6) is -1.26. The molecule has 0 spiro atoms. The van der Waals surface area contributed by atoms with E-state index in [1.54, 1.807) is 0 Å². The average molecular weight is 463 g/mol. The molecule has 1 fully saturated rings. The SMILES string of the molecule is Nc1ccc(C(F)(F)F)cc1C(=O)NCC(=O)NC1CCN(c2ccc3nscc3c2)C1. The summed E-state index contributed by atoms with van der Waals surface area (Å²) in [5.41, 5.74) is 6.22. The summed E-state index contributed by atoms with van der Waals surface area (Å²) in [6, 6.07) is 8.41. The van der Waals surface area contributed by atoms with Crippen molar-refractivity contribution >= 4 is 45.6 Å². The van der Waals surface area contributed by atoms with Crippen molar-refractivity contribution in [1.29, 1.82) is 0 Å². The minimum absolute atomic E-state index is 0.0971. The van der Waals surface area contributed by atoms with Crippen LogP contribution in [0.2, 0.25) is 0 Å². The number of nitrogen functional groups attached to an aromatic ring is 1. The maximum absolute atomic E-state index is 12.9. The first-order chi connectivity index (χ1) is 15.2. The Kier molecular flexibility index (Phi) is 5.92. The molecule has 2 amide bonds. The molecule has 4 rings (SSSR count). The topological polar surface area (TPSA) is 100 Å². The summed E-state index contributed by atoms with van der Waals surface area (Å²) in [6.07, 6.45) is -3.86. The molecule has 1 atom stereocenters. The van der Waals surface area contributed by atoms with Crippen LogP contribution in [0.25, 0.3) is 10.9 Å². The molecule has 0 bridgehead atoms. The van der Waals surface area contributed by atoms with Crippen LogP contribution < -0.4 is 21.3 Å². The Bertz CT molecular complexity index is 1160. The third-order valence-electron chi connectivity index (χ3n) is 5.30. The Morgan fingerprint density at radius 1 is 1.22 bits per heavy atom. The zero-order valence-electron chi connectivity index (χ0n) is 16.8. The van der Waals surface area contributed by atoms with Crippen LogP contribution in [0, 0.1) is 0 Å². The highest BCUT2D eigenvalue weighted by Crippen LogP contribution is 2.31. The second-order valence-electron chi connectivity index (χ2n) is 7.54. The van der Waals surface area contributed by atoms with Crippen LogP contribution in [-0.2, 0) is 11.0 Å². The summed E-state index contributed by atoms with van der Waals surface area (Å²) in [7, 11) is 0. The first-order valence-corrected chi connectivity index (χ1v) is 10.7. The lowest BCUT2D eigenvalue weighted by Crippen LogP contribution is -2.43. The van der Waals surface area contributed by atoms with Gasteiger partial charge in [0.2, 0.25) is 5.91 Å². The van der Waals surface area contributed by atoms with Gasteiger partial charge in [-0.05, 0) is 54.4 Å². The largest absolute Gasteiger partial charge is 0.416 e. The summed E-state index contributed by atoms with van der Waals surface area (Å²) in [5, 5.41) is 8.23. The van der Waals surface area contributed by atoms with Gasteiger partial charge in [0, 0.05) is 41.3 Å². The zero-order chi connectivity index (χ0) is 22.9. The number of amides is 2. The molecule has 1 saturated heterocycles. The predicted molar refractivity (Wildman–Crippen MR) is 117 cm³/mol. The van der Waals surface area contributed by atoms with Gasteiger partial charge >= 0.3 is 6.18 Å². The van der Waals surface area contributed by atoms with Gasteiger partial charge in [-0.15, -0.1) is 0 Å². The van der Waals surface area contributed by atoms with Gasteiger partial charge < -0.3 is 21.3 Å². The molecule has 2 aromatic carbocycles. The molecule has 168 valence electrons. The van der Waals surface area contributed by atoms with Crippen molar-refractivity contribution in [3.8, 4) is 0 Å². The van der Waals surface area contributed by atoms with E-state index in [0.717, 1.165) is 41.7 Å². The fourth-order valence-electron chi connectivity index (χ4n) is 3.63. The third-order valence-corrected chi connectivity index (χ3v) is 5.96. The van der Waals surface area contributed by atoms with Gasteiger partial charge in [-0.1, -0.05) is 0 Å². The average Bonchev–Trinajstić information content (AvgIpc) is 3.40. The van der Waals surface area contributed by atoms with Gasteiger partial charge in [0.1, 0.15) is 0 Å². The number of carbonyl (C=O) groups is 2. The van der Waals surface area contributed by atoms with E-state index in [0.29, 0.717) is 12.6 Å². The second-order valence-corrected chi connectivity index (χ2v) is 8.17. The molecular formula is C21H20F3N5O2S. The van der Waals surface area contributed by atoms with Gasteiger partial charge in [-0.3, -0.25) is 9.59 Å². The van der Waals surface area contributed by atoms with Crippen molar-refractivity contribution in [3.05, 3.63) is 52.9 Å². The van der Waals surface area contributed by atoms with Crippen molar-refractivity contribution in [3.63, 3.8) is 0 Å². The number of aromatic nitrogens is 1. The Balaban J connectivity index is 1.30. The van der Waals surface area contributed by atoms with Gasteiger partial charge in [0.25, 0.3) is 5.91 Å². The van der Waals surface area contributed by atoms with E-state index >= 15 is 0 Å². The number of fused-ring (bicyclic) bond motifs is 1. The van der Waals surface area contributed by atoms with E-state index in [4.69, 9.17) is 5.73 Å². The number of hydrogen-bond acceptors (Lipinski definition) is 6. The maximum Gasteiger partial charge on any atom is 0.416 e. The summed E-state index contributed by atoms with van der Waals surface area (Å²) in [6.45, 7) is 1.02. The molecular weight excluding hydrogens is 443 g/mol. The fraction of sp³-hybridized carbons (Fsp3) is 0.286. The summed E-state index contributed by atoms with van der Waals surface area (Å²) < 4.78 is 42.9. The molecule has 2 heterocycles. The maximum atomic E-state index is 12.9. The van der Waals surface area contributed by atoms with E-state index in [1.807, 2.05) is 17.5 Å². The molecule has 0 saturated carbocycles. The first kappa shape index (κ1) is 21.9. The van der Waals surface area contributed by atoms with E-state index in [2.05, 4.69) is 26.0 Å². The van der Waals surface area contributed by atoms with Crippen LogP contribution in [0.1, 0.15) is 22.3 Å². The zero-order valence-corrected chi connectivity index (χ0v) is 17.6. The molecule has 11 heteroatoms.